The highest BCUT2D eigenvalue weighted by Crippen LogP contribution is 2.34. The summed E-state index contributed by atoms with van der Waals surface area (Å²) < 4.78 is 40.0. The van der Waals surface area contributed by atoms with E-state index in [4.69, 9.17) is 0 Å². The number of halogens is 4. The molecule has 1 aliphatic heterocycles. The number of rotatable bonds is 2. The summed E-state index contributed by atoms with van der Waals surface area (Å²) in [6.07, 6.45) is -2.98. The van der Waals surface area contributed by atoms with Crippen molar-refractivity contribution in [2.45, 2.75) is 25.2 Å². The zero-order valence-electron chi connectivity index (χ0n) is 9.33. The standard InChI is InChI=1S/C11H12F3NO2.ClH/c12-11(13,14)17-7-3-4-10(16)8(6-7)9-2-1-5-15-9;/h3-4,6,9,15-16H,1-2,5H2;1H/t9-;/m0./s1. The smallest absolute Gasteiger partial charge is 0.508 e. The summed E-state index contributed by atoms with van der Waals surface area (Å²) in [5.74, 6) is -0.321. The average Bonchev–Trinajstić information content (AvgIpc) is 2.72. The number of phenols is 1. The van der Waals surface area contributed by atoms with Gasteiger partial charge in [-0.2, -0.15) is 0 Å². The molecule has 1 aromatic rings. The topological polar surface area (TPSA) is 41.5 Å². The first kappa shape index (κ1) is 14.9. The van der Waals surface area contributed by atoms with Crippen molar-refractivity contribution < 1.29 is 23.0 Å². The first-order valence-corrected chi connectivity index (χ1v) is 5.28. The number of aromatic hydroxyl groups is 1. The lowest BCUT2D eigenvalue weighted by Gasteiger charge is -2.15. The predicted molar refractivity (Wildman–Crippen MR) is 62.0 cm³/mol. The molecule has 0 radical (unpaired) electrons. The SMILES string of the molecule is Cl.Oc1ccc(OC(F)(F)F)cc1[C@@H]1CCCN1. The van der Waals surface area contributed by atoms with Gasteiger partial charge in [0, 0.05) is 11.6 Å². The van der Waals surface area contributed by atoms with Gasteiger partial charge in [0.25, 0.3) is 0 Å². The molecule has 0 bridgehead atoms. The summed E-state index contributed by atoms with van der Waals surface area (Å²) in [5.41, 5.74) is 0.448. The van der Waals surface area contributed by atoms with Crippen LogP contribution in [0.2, 0.25) is 0 Å². The molecule has 2 rings (SSSR count). The van der Waals surface area contributed by atoms with Gasteiger partial charge in [-0.3, -0.25) is 0 Å². The first-order valence-electron chi connectivity index (χ1n) is 5.28. The molecule has 102 valence electrons. The van der Waals surface area contributed by atoms with Crippen molar-refractivity contribution in [3.8, 4) is 11.5 Å². The highest BCUT2D eigenvalue weighted by molar-refractivity contribution is 5.85. The van der Waals surface area contributed by atoms with E-state index < -0.39 is 6.36 Å². The van der Waals surface area contributed by atoms with Crippen LogP contribution in [-0.2, 0) is 0 Å². The van der Waals surface area contributed by atoms with Crippen LogP contribution in [0.3, 0.4) is 0 Å². The Morgan fingerprint density at radius 3 is 2.61 bits per heavy atom. The summed E-state index contributed by atoms with van der Waals surface area (Å²) in [6, 6.07) is 3.44. The molecule has 2 N–H and O–H groups in total. The first-order chi connectivity index (χ1) is 7.96. The van der Waals surface area contributed by atoms with Crippen LogP contribution in [0.4, 0.5) is 13.2 Å². The zero-order chi connectivity index (χ0) is 12.5. The molecule has 0 aliphatic carbocycles. The molecule has 1 heterocycles. The summed E-state index contributed by atoms with van der Waals surface area (Å²) in [4.78, 5) is 0. The van der Waals surface area contributed by atoms with E-state index in [1.165, 1.54) is 12.1 Å². The predicted octanol–water partition coefficient (Wildman–Crippen LogP) is 3.14. The fourth-order valence-corrected chi connectivity index (χ4v) is 1.96. The average molecular weight is 284 g/mol. The van der Waals surface area contributed by atoms with Gasteiger partial charge in [0.1, 0.15) is 11.5 Å². The third-order valence-corrected chi connectivity index (χ3v) is 2.67. The van der Waals surface area contributed by atoms with Crippen molar-refractivity contribution in [3.63, 3.8) is 0 Å². The van der Waals surface area contributed by atoms with Crippen molar-refractivity contribution in [2.24, 2.45) is 0 Å². The molecule has 3 nitrogen and oxygen atoms in total. The van der Waals surface area contributed by atoms with Crippen LogP contribution >= 0.6 is 12.4 Å². The van der Waals surface area contributed by atoms with Crippen molar-refractivity contribution in [3.05, 3.63) is 23.8 Å². The van der Waals surface area contributed by atoms with E-state index in [2.05, 4.69) is 10.1 Å². The zero-order valence-corrected chi connectivity index (χ0v) is 10.1. The minimum Gasteiger partial charge on any atom is -0.508 e. The third kappa shape index (κ3) is 3.68. The van der Waals surface area contributed by atoms with Crippen LogP contribution in [0, 0.1) is 0 Å². The van der Waals surface area contributed by atoms with Crippen LogP contribution < -0.4 is 10.1 Å². The van der Waals surface area contributed by atoms with Crippen LogP contribution in [-0.4, -0.2) is 18.0 Å². The van der Waals surface area contributed by atoms with E-state index >= 15 is 0 Å². The van der Waals surface area contributed by atoms with Gasteiger partial charge in [0.05, 0.1) is 0 Å². The Kier molecular flexibility index (Phi) is 4.70. The summed E-state index contributed by atoms with van der Waals surface area (Å²) in [7, 11) is 0. The van der Waals surface area contributed by atoms with Crippen molar-refractivity contribution in [1.82, 2.24) is 5.32 Å². The Bertz CT molecular complexity index is 406. The number of nitrogens with one attached hydrogen (secondary N) is 1. The summed E-state index contributed by atoms with van der Waals surface area (Å²) in [5, 5.41) is 12.7. The van der Waals surface area contributed by atoms with Crippen molar-refractivity contribution in [2.75, 3.05) is 6.54 Å². The monoisotopic (exact) mass is 283 g/mol. The van der Waals surface area contributed by atoms with E-state index in [1.807, 2.05) is 0 Å². The maximum atomic E-state index is 12.1. The fourth-order valence-electron chi connectivity index (χ4n) is 1.96. The Morgan fingerprint density at radius 2 is 2.06 bits per heavy atom. The number of benzene rings is 1. The third-order valence-electron chi connectivity index (χ3n) is 2.67. The van der Waals surface area contributed by atoms with E-state index in [9.17, 15) is 18.3 Å². The molecule has 0 unspecified atom stereocenters. The summed E-state index contributed by atoms with van der Waals surface area (Å²) >= 11 is 0. The molecule has 1 aliphatic rings. The number of ether oxygens (including phenoxy) is 1. The maximum Gasteiger partial charge on any atom is 0.573 e. The van der Waals surface area contributed by atoms with E-state index in [0.29, 0.717) is 5.56 Å². The molecule has 1 saturated heterocycles. The molecule has 0 aromatic heterocycles. The molecular formula is C11H13ClF3NO2. The lowest BCUT2D eigenvalue weighted by molar-refractivity contribution is -0.274. The largest absolute Gasteiger partial charge is 0.573 e. The second-order valence-corrected chi connectivity index (χ2v) is 3.92. The highest BCUT2D eigenvalue weighted by atomic mass is 35.5. The molecule has 0 amide bonds. The molecule has 0 spiro atoms. The fraction of sp³-hybridized carbons (Fsp3) is 0.455. The van der Waals surface area contributed by atoms with Gasteiger partial charge in [0.2, 0.25) is 0 Å². The van der Waals surface area contributed by atoms with Gasteiger partial charge in [-0.25, -0.2) is 0 Å². The molecule has 18 heavy (non-hydrogen) atoms. The molecule has 1 atom stereocenters. The Labute approximate surface area is 108 Å². The Morgan fingerprint density at radius 1 is 1.33 bits per heavy atom. The van der Waals surface area contributed by atoms with Gasteiger partial charge < -0.3 is 15.2 Å². The number of hydrogen-bond acceptors (Lipinski definition) is 3. The van der Waals surface area contributed by atoms with Crippen LogP contribution in [0.5, 0.6) is 11.5 Å². The van der Waals surface area contributed by atoms with Gasteiger partial charge in [-0.05, 0) is 37.6 Å². The molecule has 1 aromatic carbocycles. The highest BCUT2D eigenvalue weighted by Gasteiger charge is 2.31. The minimum absolute atomic E-state index is 0. The van der Waals surface area contributed by atoms with Gasteiger partial charge in [-0.1, -0.05) is 0 Å². The van der Waals surface area contributed by atoms with Crippen LogP contribution in [0.15, 0.2) is 18.2 Å². The lowest BCUT2D eigenvalue weighted by Crippen LogP contribution is -2.18. The van der Waals surface area contributed by atoms with Crippen LogP contribution in [0.25, 0.3) is 0 Å². The van der Waals surface area contributed by atoms with E-state index in [-0.39, 0.29) is 29.9 Å². The lowest BCUT2D eigenvalue weighted by atomic mass is 10.0. The molecule has 7 heteroatoms. The van der Waals surface area contributed by atoms with E-state index in [1.54, 1.807) is 0 Å². The normalized spacial score (nSPS) is 19.4. The van der Waals surface area contributed by atoms with Gasteiger partial charge in [0.15, 0.2) is 0 Å². The summed E-state index contributed by atoms with van der Waals surface area (Å²) in [6.45, 7) is 0.800. The van der Waals surface area contributed by atoms with E-state index in [0.717, 1.165) is 25.5 Å². The number of phenolic OH excluding ortho intramolecular Hbond substituents is 1. The van der Waals surface area contributed by atoms with Crippen molar-refractivity contribution >= 4 is 12.4 Å². The quantitative estimate of drug-likeness (QED) is 0.876. The molecular weight excluding hydrogens is 271 g/mol. The van der Waals surface area contributed by atoms with Crippen LogP contribution in [0.1, 0.15) is 24.4 Å². The second-order valence-electron chi connectivity index (χ2n) is 3.92. The minimum atomic E-state index is -4.71. The van der Waals surface area contributed by atoms with Crippen molar-refractivity contribution in [1.29, 1.82) is 0 Å². The molecule has 1 fully saturated rings. The van der Waals surface area contributed by atoms with Gasteiger partial charge in [-0.15, -0.1) is 25.6 Å². The second kappa shape index (κ2) is 5.67. The van der Waals surface area contributed by atoms with Gasteiger partial charge >= 0.3 is 6.36 Å². The Hall–Kier alpha value is -1.14. The number of hydrogen-bond donors (Lipinski definition) is 2. The maximum absolute atomic E-state index is 12.1. The molecule has 0 saturated carbocycles. The number of alkyl halides is 3. The Balaban J connectivity index is 0.00000162.